The number of aromatic nitrogens is 1. The Balaban J connectivity index is 0.00000432. The van der Waals surface area contributed by atoms with E-state index in [0.29, 0.717) is 38.3 Å². The predicted molar refractivity (Wildman–Crippen MR) is 141 cm³/mol. The summed E-state index contributed by atoms with van der Waals surface area (Å²) in [6.07, 6.45) is 2.02. The van der Waals surface area contributed by atoms with Crippen molar-refractivity contribution in [2.45, 2.75) is 39.2 Å². The van der Waals surface area contributed by atoms with Gasteiger partial charge in [-0.15, -0.1) is 23.7 Å². The maximum absolute atomic E-state index is 12.1. The van der Waals surface area contributed by atoms with Crippen molar-refractivity contribution in [2.24, 2.45) is 5.73 Å². The van der Waals surface area contributed by atoms with Crippen molar-refractivity contribution in [1.29, 1.82) is 5.41 Å². The van der Waals surface area contributed by atoms with Crippen molar-refractivity contribution in [3.8, 4) is 11.3 Å². The molecule has 0 saturated carbocycles. The molecule has 0 unspecified atom stereocenters. The SMILES string of the molecule is CCOC(=O)CCN(c1nc(-c2ccc(C(=N)N)cc2)cs1)C1CCN(CC(=O)OCC)CC1.Cl. The molecule has 1 aliphatic heterocycles. The van der Waals surface area contributed by atoms with Crippen molar-refractivity contribution < 1.29 is 19.1 Å². The monoisotopic (exact) mass is 523 g/mol. The van der Waals surface area contributed by atoms with Crippen molar-refractivity contribution >= 4 is 46.6 Å². The number of amidine groups is 1. The number of carbonyl (C=O) groups is 2. The molecule has 1 fully saturated rings. The molecule has 3 N–H and O–H groups in total. The third kappa shape index (κ3) is 8.19. The summed E-state index contributed by atoms with van der Waals surface area (Å²) in [5.41, 5.74) is 8.02. The normalized spacial score (nSPS) is 14.1. The summed E-state index contributed by atoms with van der Waals surface area (Å²) in [4.78, 5) is 33.1. The summed E-state index contributed by atoms with van der Waals surface area (Å²) >= 11 is 1.55. The molecule has 0 aliphatic carbocycles. The fourth-order valence-electron chi connectivity index (χ4n) is 4.01. The van der Waals surface area contributed by atoms with Crippen LogP contribution in [0.15, 0.2) is 29.6 Å². The second-order valence-corrected chi connectivity index (χ2v) is 8.90. The lowest BCUT2D eigenvalue weighted by atomic mass is 10.0. The first-order valence-electron chi connectivity index (χ1n) is 11.6. The minimum atomic E-state index is -0.219. The molecule has 1 aliphatic rings. The van der Waals surface area contributed by atoms with Crippen molar-refractivity contribution in [2.75, 3.05) is 44.3 Å². The molecule has 9 nitrogen and oxygen atoms in total. The van der Waals surface area contributed by atoms with E-state index < -0.39 is 0 Å². The van der Waals surface area contributed by atoms with E-state index in [4.69, 9.17) is 25.6 Å². The molecule has 2 aromatic rings. The van der Waals surface area contributed by atoms with E-state index in [2.05, 4.69) is 9.80 Å². The number of hydrogen-bond donors (Lipinski definition) is 2. The van der Waals surface area contributed by atoms with E-state index in [1.165, 1.54) is 0 Å². The largest absolute Gasteiger partial charge is 0.466 e. The van der Waals surface area contributed by atoms with E-state index in [9.17, 15) is 9.59 Å². The standard InChI is InChI=1S/C24H33N5O4S.ClH/c1-3-32-21(30)11-14-29(19-9-12-28(13-10-19)15-22(31)33-4-2)24-27-20(16-34-24)17-5-7-18(8-6-17)23(25)26;/h5-8,16,19H,3-4,9-15H2,1-2H3,(H3,25,26);1H. The zero-order chi connectivity index (χ0) is 24.5. The highest BCUT2D eigenvalue weighted by molar-refractivity contribution is 7.14. The number of carbonyl (C=O) groups excluding carboxylic acids is 2. The van der Waals surface area contributed by atoms with E-state index in [1.54, 1.807) is 18.3 Å². The molecule has 0 radical (unpaired) electrons. The van der Waals surface area contributed by atoms with Gasteiger partial charge in [0.05, 0.1) is 31.9 Å². The summed E-state index contributed by atoms with van der Waals surface area (Å²) in [5, 5.41) is 10.4. The number of thiazole rings is 1. The van der Waals surface area contributed by atoms with Crippen molar-refractivity contribution in [3.63, 3.8) is 0 Å². The van der Waals surface area contributed by atoms with E-state index >= 15 is 0 Å². The maximum Gasteiger partial charge on any atom is 0.320 e. The number of nitrogens with two attached hydrogens (primary N) is 1. The number of anilines is 1. The van der Waals surface area contributed by atoms with Crippen LogP contribution in [0, 0.1) is 5.41 Å². The summed E-state index contributed by atoms with van der Waals surface area (Å²) < 4.78 is 10.2. The predicted octanol–water partition coefficient (Wildman–Crippen LogP) is 3.30. The Morgan fingerprint density at radius 1 is 1.14 bits per heavy atom. The lowest BCUT2D eigenvalue weighted by molar-refractivity contribution is -0.145. The van der Waals surface area contributed by atoms with E-state index in [0.717, 1.165) is 42.3 Å². The fraction of sp³-hybridized carbons (Fsp3) is 0.500. The van der Waals surface area contributed by atoms with Crippen LogP contribution in [-0.2, 0) is 19.1 Å². The molecule has 0 spiro atoms. The summed E-state index contributed by atoms with van der Waals surface area (Å²) in [6, 6.07) is 7.66. The number of ether oxygens (including phenoxy) is 2. The average molecular weight is 524 g/mol. The zero-order valence-corrected chi connectivity index (χ0v) is 21.8. The molecule has 1 saturated heterocycles. The van der Waals surface area contributed by atoms with E-state index in [1.807, 2.05) is 36.6 Å². The zero-order valence-electron chi connectivity index (χ0n) is 20.2. The van der Waals surface area contributed by atoms with Gasteiger partial charge in [-0.2, -0.15) is 0 Å². The molecule has 1 aromatic carbocycles. The Kier molecular flexibility index (Phi) is 11.4. The molecule has 0 amide bonds. The van der Waals surface area contributed by atoms with Gasteiger partial charge < -0.3 is 20.1 Å². The molecule has 2 heterocycles. The molecule has 11 heteroatoms. The number of nitrogen functional groups attached to an aromatic ring is 1. The van der Waals surface area contributed by atoms with Crippen LogP contribution in [-0.4, -0.2) is 73.1 Å². The third-order valence-corrected chi connectivity index (χ3v) is 6.63. The number of esters is 2. The minimum absolute atomic E-state index is 0. The third-order valence-electron chi connectivity index (χ3n) is 5.75. The van der Waals surface area contributed by atoms with Gasteiger partial charge in [0.25, 0.3) is 0 Å². The number of likely N-dealkylation sites (tertiary alicyclic amines) is 1. The van der Waals surface area contributed by atoms with Crippen LogP contribution >= 0.6 is 23.7 Å². The first-order chi connectivity index (χ1) is 16.4. The number of nitrogens with zero attached hydrogens (tertiary/aromatic N) is 3. The second-order valence-electron chi connectivity index (χ2n) is 8.07. The number of benzene rings is 1. The number of piperidine rings is 1. The Morgan fingerprint density at radius 2 is 1.77 bits per heavy atom. The van der Waals surface area contributed by atoms with Crippen LogP contribution < -0.4 is 10.6 Å². The number of rotatable bonds is 11. The van der Waals surface area contributed by atoms with Gasteiger partial charge in [0.1, 0.15) is 5.84 Å². The minimum Gasteiger partial charge on any atom is -0.466 e. The first-order valence-corrected chi connectivity index (χ1v) is 12.5. The maximum atomic E-state index is 12.1. The smallest absolute Gasteiger partial charge is 0.320 e. The van der Waals surface area contributed by atoms with Crippen LogP contribution in [0.25, 0.3) is 11.3 Å². The average Bonchev–Trinajstić information content (AvgIpc) is 3.30. The van der Waals surface area contributed by atoms with Crippen LogP contribution in [0.3, 0.4) is 0 Å². The van der Waals surface area contributed by atoms with Crippen molar-refractivity contribution in [3.05, 3.63) is 35.2 Å². The van der Waals surface area contributed by atoms with Crippen LogP contribution in [0.5, 0.6) is 0 Å². The fourth-order valence-corrected chi connectivity index (χ4v) is 4.94. The van der Waals surface area contributed by atoms with Gasteiger partial charge in [0.2, 0.25) is 0 Å². The molecular weight excluding hydrogens is 490 g/mol. The Morgan fingerprint density at radius 3 is 2.37 bits per heavy atom. The van der Waals surface area contributed by atoms with Gasteiger partial charge in [0, 0.05) is 42.2 Å². The van der Waals surface area contributed by atoms with Gasteiger partial charge in [0.15, 0.2) is 5.13 Å². The molecule has 0 bridgehead atoms. The molecular formula is C24H34ClN5O4S. The number of hydrogen-bond acceptors (Lipinski definition) is 9. The van der Waals surface area contributed by atoms with E-state index in [-0.39, 0.29) is 36.2 Å². The van der Waals surface area contributed by atoms with Gasteiger partial charge in [-0.25, -0.2) is 4.98 Å². The Bertz CT molecular complexity index is 977. The highest BCUT2D eigenvalue weighted by Crippen LogP contribution is 2.31. The van der Waals surface area contributed by atoms with Gasteiger partial charge in [-0.1, -0.05) is 24.3 Å². The first kappa shape index (κ1) is 28.5. The quantitative estimate of drug-likeness (QED) is 0.261. The van der Waals surface area contributed by atoms with Gasteiger partial charge in [-0.3, -0.25) is 19.9 Å². The van der Waals surface area contributed by atoms with Gasteiger partial charge >= 0.3 is 11.9 Å². The summed E-state index contributed by atoms with van der Waals surface area (Å²) in [5.74, 6) is -0.380. The summed E-state index contributed by atoms with van der Waals surface area (Å²) in [6.45, 7) is 6.77. The topological polar surface area (TPSA) is 122 Å². The molecule has 192 valence electrons. The number of nitrogens with one attached hydrogen (secondary N) is 1. The highest BCUT2D eigenvalue weighted by atomic mass is 35.5. The molecule has 1 aromatic heterocycles. The van der Waals surface area contributed by atoms with Crippen LogP contribution in [0.1, 0.15) is 38.7 Å². The lowest BCUT2D eigenvalue weighted by Gasteiger charge is -2.38. The summed E-state index contributed by atoms with van der Waals surface area (Å²) in [7, 11) is 0. The van der Waals surface area contributed by atoms with Gasteiger partial charge in [-0.05, 0) is 26.7 Å². The second kappa shape index (κ2) is 14.0. The molecule has 35 heavy (non-hydrogen) atoms. The Labute approximate surface area is 216 Å². The Hall–Kier alpha value is -2.69. The molecule has 3 rings (SSSR count). The lowest BCUT2D eigenvalue weighted by Crippen LogP contribution is -2.47. The number of halogens is 1. The van der Waals surface area contributed by atoms with Crippen LogP contribution in [0.4, 0.5) is 5.13 Å². The van der Waals surface area contributed by atoms with Crippen LogP contribution in [0.2, 0.25) is 0 Å². The highest BCUT2D eigenvalue weighted by Gasteiger charge is 2.28. The van der Waals surface area contributed by atoms with Crippen molar-refractivity contribution in [1.82, 2.24) is 9.88 Å². The molecule has 0 atom stereocenters.